The lowest BCUT2D eigenvalue weighted by molar-refractivity contribution is -0.115. The lowest BCUT2D eigenvalue weighted by Crippen LogP contribution is -2.13. The van der Waals surface area contributed by atoms with Gasteiger partial charge in [-0.1, -0.05) is 6.07 Å². The van der Waals surface area contributed by atoms with E-state index in [1.165, 1.54) is 13.2 Å². The fourth-order valence-electron chi connectivity index (χ4n) is 2.15. The van der Waals surface area contributed by atoms with Gasteiger partial charge < -0.3 is 10.1 Å². The van der Waals surface area contributed by atoms with E-state index in [1.54, 1.807) is 12.3 Å². The van der Waals surface area contributed by atoms with Gasteiger partial charge in [0.25, 0.3) is 0 Å². The first kappa shape index (κ1) is 11.6. The summed E-state index contributed by atoms with van der Waals surface area (Å²) in [6.45, 7) is 0. The highest BCUT2D eigenvalue weighted by atomic mass is 19.1. The third kappa shape index (κ3) is 1.91. The van der Waals surface area contributed by atoms with Crippen molar-refractivity contribution in [3.05, 3.63) is 36.0 Å². The number of pyridine rings is 2. The summed E-state index contributed by atoms with van der Waals surface area (Å²) in [6, 6.07) is 4.74. The maximum atomic E-state index is 13.4. The Morgan fingerprint density at radius 1 is 1.47 bits per heavy atom. The number of hydrogen-bond donors (Lipinski definition) is 1. The highest BCUT2D eigenvalue weighted by Crippen LogP contribution is 2.39. The number of methoxy groups -OCH3 is 1. The van der Waals surface area contributed by atoms with Crippen LogP contribution in [0.15, 0.2) is 24.4 Å². The van der Waals surface area contributed by atoms with Crippen LogP contribution in [0.2, 0.25) is 0 Å². The number of carbonyl (C=O) groups excluding carboxylic acids is 1. The first-order valence-corrected chi connectivity index (χ1v) is 5.67. The van der Waals surface area contributed by atoms with Crippen LogP contribution in [0, 0.1) is 5.95 Å². The summed E-state index contributed by atoms with van der Waals surface area (Å²) in [5, 5.41) is 2.65. The molecule has 19 heavy (non-hydrogen) atoms. The molecule has 1 N–H and O–H groups in total. The van der Waals surface area contributed by atoms with Gasteiger partial charge in [-0.25, -0.2) is 0 Å². The summed E-state index contributed by atoms with van der Waals surface area (Å²) in [7, 11) is 1.41. The highest BCUT2D eigenvalue weighted by molar-refractivity contribution is 6.01. The van der Waals surface area contributed by atoms with Crippen LogP contribution in [0.4, 0.5) is 10.1 Å². The minimum Gasteiger partial charge on any atom is -0.480 e. The number of amides is 1. The van der Waals surface area contributed by atoms with Crippen LogP contribution in [0.1, 0.15) is 5.69 Å². The van der Waals surface area contributed by atoms with Gasteiger partial charge in [-0.15, -0.1) is 0 Å². The van der Waals surface area contributed by atoms with Gasteiger partial charge in [0, 0.05) is 17.8 Å². The van der Waals surface area contributed by atoms with Crippen LogP contribution < -0.4 is 10.1 Å². The highest BCUT2D eigenvalue weighted by Gasteiger charge is 2.24. The average Bonchev–Trinajstić information content (AvgIpc) is 2.52. The Bertz CT molecular complexity index is 673. The Kier molecular flexibility index (Phi) is 2.63. The SMILES string of the molecule is COc1nc(F)cc2c1-c1cccnc1CC(=O)N2. The Labute approximate surface area is 108 Å². The second-order valence-corrected chi connectivity index (χ2v) is 4.10. The van der Waals surface area contributed by atoms with Crippen molar-refractivity contribution in [2.75, 3.05) is 12.4 Å². The van der Waals surface area contributed by atoms with Crippen LogP contribution >= 0.6 is 0 Å². The molecule has 2 aromatic heterocycles. The molecule has 0 spiro atoms. The number of fused-ring (bicyclic) bond motifs is 3. The molecule has 1 amide bonds. The van der Waals surface area contributed by atoms with Gasteiger partial charge >= 0.3 is 0 Å². The molecule has 1 aliphatic heterocycles. The molecule has 0 aromatic carbocycles. The number of halogens is 1. The number of carbonyl (C=O) groups is 1. The van der Waals surface area contributed by atoms with Gasteiger partial charge in [-0.05, 0) is 6.07 Å². The van der Waals surface area contributed by atoms with Crippen LogP contribution in [-0.2, 0) is 11.2 Å². The number of nitrogens with zero attached hydrogens (tertiary/aromatic N) is 2. The molecule has 96 valence electrons. The molecule has 0 radical (unpaired) electrons. The monoisotopic (exact) mass is 259 g/mol. The van der Waals surface area contributed by atoms with Crippen molar-refractivity contribution in [3.8, 4) is 17.0 Å². The Balaban J connectivity index is 2.35. The first-order chi connectivity index (χ1) is 9.19. The third-order valence-corrected chi connectivity index (χ3v) is 2.91. The molecule has 5 nitrogen and oxygen atoms in total. The van der Waals surface area contributed by atoms with E-state index in [9.17, 15) is 9.18 Å². The summed E-state index contributed by atoms with van der Waals surface area (Å²) in [5.41, 5.74) is 2.24. The molecule has 0 fully saturated rings. The number of anilines is 1. The lowest BCUT2D eigenvalue weighted by atomic mass is 10.0. The van der Waals surface area contributed by atoms with Gasteiger partial charge in [0.2, 0.25) is 17.7 Å². The lowest BCUT2D eigenvalue weighted by Gasteiger charge is -2.12. The minimum absolute atomic E-state index is 0.131. The fourth-order valence-corrected chi connectivity index (χ4v) is 2.15. The summed E-state index contributed by atoms with van der Waals surface area (Å²) in [6.07, 6.45) is 1.75. The average molecular weight is 259 g/mol. The summed E-state index contributed by atoms with van der Waals surface area (Å²) >= 11 is 0. The van der Waals surface area contributed by atoms with E-state index in [0.29, 0.717) is 16.9 Å². The van der Waals surface area contributed by atoms with E-state index < -0.39 is 5.95 Å². The molecule has 3 heterocycles. The van der Waals surface area contributed by atoms with Gasteiger partial charge in [0.1, 0.15) is 0 Å². The number of ether oxygens (including phenoxy) is 1. The zero-order chi connectivity index (χ0) is 13.4. The van der Waals surface area contributed by atoms with Gasteiger partial charge in [0.05, 0.1) is 30.5 Å². The summed E-state index contributed by atoms with van der Waals surface area (Å²) in [5.74, 6) is -0.818. The maximum Gasteiger partial charge on any atom is 0.230 e. The molecule has 0 unspecified atom stereocenters. The Morgan fingerprint density at radius 2 is 2.32 bits per heavy atom. The predicted molar refractivity (Wildman–Crippen MR) is 66.3 cm³/mol. The second kappa shape index (κ2) is 4.31. The topological polar surface area (TPSA) is 64.1 Å². The molecule has 1 aliphatic rings. The van der Waals surface area contributed by atoms with E-state index in [4.69, 9.17) is 4.74 Å². The van der Waals surface area contributed by atoms with E-state index >= 15 is 0 Å². The standard InChI is InChI=1S/C13H10FN3O2/c1-19-13-12-7-3-2-4-15-8(7)6-11(18)16-9(12)5-10(14)17-13/h2-5H,6H2,1H3,(H,16,18). The van der Waals surface area contributed by atoms with Crippen molar-refractivity contribution in [3.63, 3.8) is 0 Å². The van der Waals surface area contributed by atoms with Crippen molar-refractivity contribution in [2.45, 2.75) is 6.42 Å². The number of rotatable bonds is 1. The van der Waals surface area contributed by atoms with E-state index in [0.717, 1.165) is 5.56 Å². The van der Waals surface area contributed by atoms with Crippen molar-refractivity contribution in [1.82, 2.24) is 9.97 Å². The molecular weight excluding hydrogens is 249 g/mol. The largest absolute Gasteiger partial charge is 0.480 e. The third-order valence-electron chi connectivity index (χ3n) is 2.91. The Morgan fingerprint density at radius 3 is 3.11 bits per heavy atom. The van der Waals surface area contributed by atoms with Crippen LogP contribution in [0.3, 0.4) is 0 Å². The summed E-state index contributed by atoms with van der Waals surface area (Å²) in [4.78, 5) is 19.7. The quantitative estimate of drug-likeness (QED) is 0.793. The Hall–Kier alpha value is -2.50. The molecule has 3 rings (SSSR count). The van der Waals surface area contributed by atoms with Crippen LogP contribution in [0.25, 0.3) is 11.1 Å². The predicted octanol–water partition coefficient (Wildman–Crippen LogP) is 1.79. The zero-order valence-electron chi connectivity index (χ0n) is 10.1. The molecule has 0 aliphatic carbocycles. The molecule has 0 bridgehead atoms. The molecule has 6 heteroatoms. The maximum absolute atomic E-state index is 13.4. The van der Waals surface area contributed by atoms with Crippen LogP contribution in [-0.4, -0.2) is 23.0 Å². The van der Waals surface area contributed by atoms with Gasteiger partial charge in [0.15, 0.2) is 0 Å². The van der Waals surface area contributed by atoms with Crippen LogP contribution in [0.5, 0.6) is 5.88 Å². The van der Waals surface area contributed by atoms with Crippen molar-refractivity contribution < 1.29 is 13.9 Å². The normalized spacial score (nSPS) is 13.1. The van der Waals surface area contributed by atoms with Gasteiger partial charge in [-0.2, -0.15) is 9.37 Å². The zero-order valence-corrected chi connectivity index (χ0v) is 10.1. The molecule has 0 atom stereocenters. The molecule has 0 saturated carbocycles. The minimum atomic E-state index is -0.705. The summed E-state index contributed by atoms with van der Waals surface area (Å²) < 4.78 is 18.5. The van der Waals surface area contributed by atoms with E-state index in [-0.39, 0.29) is 18.2 Å². The molecule has 2 aromatic rings. The smallest absolute Gasteiger partial charge is 0.230 e. The second-order valence-electron chi connectivity index (χ2n) is 4.10. The molecule has 0 saturated heterocycles. The number of nitrogens with one attached hydrogen (secondary N) is 1. The van der Waals surface area contributed by atoms with E-state index in [2.05, 4.69) is 15.3 Å². The number of hydrogen-bond acceptors (Lipinski definition) is 4. The first-order valence-electron chi connectivity index (χ1n) is 5.67. The van der Waals surface area contributed by atoms with Crippen molar-refractivity contribution >= 4 is 11.6 Å². The number of aromatic nitrogens is 2. The van der Waals surface area contributed by atoms with Gasteiger partial charge in [-0.3, -0.25) is 9.78 Å². The fraction of sp³-hybridized carbons (Fsp3) is 0.154. The van der Waals surface area contributed by atoms with Crippen molar-refractivity contribution in [2.24, 2.45) is 0 Å². The molecular formula is C13H10FN3O2. The van der Waals surface area contributed by atoms with E-state index in [1.807, 2.05) is 6.07 Å². The van der Waals surface area contributed by atoms with Crippen molar-refractivity contribution in [1.29, 1.82) is 0 Å².